The summed E-state index contributed by atoms with van der Waals surface area (Å²) in [6.07, 6.45) is 0. The summed E-state index contributed by atoms with van der Waals surface area (Å²) in [6, 6.07) is 9.78. The van der Waals surface area contributed by atoms with Gasteiger partial charge in [0.2, 0.25) is 0 Å². The first-order chi connectivity index (χ1) is 7.63. The lowest BCUT2D eigenvalue weighted by atomic mass is 10.3. The molecule has 0 aliphatic rings. The van der Waals surface area contributed by atoms with Crippen LogP contribution in [-0.4, -0.2) is 5.11 Å². The van der Waals surface area contributed by atoms with Crippen LogP contribution in [0.5, 0.6) is 5.75 Å². The molecule has 0 atom stereocenters. The minimum Gasteiger partial charge on any atom is -0.508 e. The number of hydrogen-bond donors (Lipinski definition) is 1. The molecule has 0 spiro atoms. The van der Waals surface area contributed by atoms with E-state index in [9.17, 15) is 8.78 Å². The van der Waals surface area contributed by atoms with Crippen molar-refractivity contribution in [1.82, 2.24) is 0 Å². The summed E-state index contributed by atoms with van der Waals surface area (Å²) >= 11 is 1.23. The van der Waals surface area contributed by atoms with Crippen molar-refractivity contribution in [3.05, 3.63) is 54.1 Å². The van der Waals surface area contributed by atoms with Gasteiger partial charge in [0.1, 0.15) is 17.4 Å². The van der Waals surface area contributed by atoms with E-state index in [1.807, 2.05) is 0 Å². The summed E-state index contributed by atoms with van der Waals surface area (Å²) < 4.78 is 25.8. The number of benzene rings is 2. The molecule has 0 aromatic heterocycles. The molecule has 2 rings (SSSR count). The van der Waals surface area contributed by atoms with Crippen LogP contribution in [0.1, 0.15) is 0 Å². The zero-order valence-electron chi connectivity index (χ0n) is 8.15. The predicted molar refractivity (Wildman–Crippen MR) is 58.6 cm³/mol. The molecule has 0 fully saturated rings. The van der Waals surface area contributed by atoms with E-state index >= 15 is 0 Å². The molecule has 0 aliphatic heterocycles. The third-order valence-corrected chi connectivity index (χ3v) is 2.89. The first kappa shape index (κ1) is 11.0. The van der Waals surface area contributed by atoms with Gasteiger partial charge in [0, 0.05) is 15.9 Å². The van der Waals surface area contributed by atoms with Crippen molar-refractivity contribution in [3.63, 3.8) is 0 Å². The van der Waals surface area contributed by atoms with Gasteiger partial charge in [0.25, 0.3) is 0 Å². The lowest BCUT2D eigenvalue weighted by molar-refractivity contribution is 0.475. The van der Waals surface area contributed by atoms with Crippen molar-refractivity contribution in [2.75, 3.05) is 0 Å². The molecule has 0 radical (unpaired) electrons. The van der Waals surface area contributed by atoms with Gasteiger partial charge in [0.15, 0.2) is 0 Å². The Hall–Kier alpha value is -1.55. The van der Waals surface area contributed by atoms with Gasteiger partial charge >= 0.3 is 0 Å². The monoisotopic (exact) mass is 238 g/mol. The van der Waals surface area contributed by atoms with E-state index in [0.29, 0.717) is 4.90 Å². The first-order valence-corrected chi connectivity index (χ1v) is 5.38. The third-order valence-electron chi connectivity index (χ3n) is 1.91. The largest absolute Gasteiger partial charge is 0.508 e. The van der Waals surface area contributed by atoms with E-state index in [2.05, 4.69) is 0 Å². The normalized spacial score (nSPS) is 10.4. The van der Waals surface area contributed by atoms with Crippen molar-refractivity contribution < 1.29 is 13.9 Å². The zero-order valence-corrected chi connectivity index (χ0v) is 8.97. The third kappa shape index (κ3) is 2.73. The number of phenolic OH excluding ortho intramolecular Hbond substituents is 1. The van der Waals surface area contributed by atoms with E-state index in [-0.39, 0.29) is 5.75 Å². The molecule has 0 unspecified atom stereocenters. The van der Waals surface area contributed by atoms with E-state index in [0.717, 1.165) is 11.0 Å². The van der Waals surface area contributed by atoms with Crippen molar-refractivity contribution >= 4 is 11.8 Å². The Balaban J connectivity index is 2.23. The molecule has 0 aliphatic carbocycles. The highest BCUT2D eigenvalue weighted by atomic mass is 32.2. The highest BCUT2D eigenvalue weighted by Gasteiger charge is 2.02. The van der Waals surface area contributed by atoms with Crippen molar-refractivity contribution in [2.45, 2.75) is 9.79 Å². The minimum absolute atomic E-state index is 0.162. The maximum Gasteiger partial charge on any atom is 0.127 e. The molecule has 2 aromatic carbocycles. The number of phenols is 1. The summed E-state index contributed by atoms with van der Waals surface area (Å²) in [6.45, 7) is 0. The summed E-state index contributed by atoms with van der Waals surface area (Å²) in [7, 11) is 0. The topological polar surface area (TPSA) is 20.2 Å². The van der Waals surface area contributed by atoms with E-state index in [1.54, 1.807) is 12.1 Å². The number of rotatable bonds is 2. The fraction of sp³-hybridized carbons (Fsp3) is 0. The Bertz CT molecular complexity index is 477. The molecule has 16 heavy (non-hydrogen) atoms. The SMILES string of the molecule is Oc1ccc(Sc2cc(F)cc(F)c2)cc1. The molecule has 0 bridgehead atoms. The van der Waals surface area contributed by atoms with Gasteiger partial charge in [0.05, 0.1) is 0 Å². The predicted octanol–water partition coefficient (Wildman–Crippen LogP) is 3.82. The molecular formula is C12H8F2OS. The minimum atomic E-state index is -0.596. The lowest BCUT2D eigenvalue weighted by Crippen LogP contribution is -1.81. The molecule has 0 amide bonds. The fourth-order valence-corrected chi connectivity index (χ4v) is 2.13. The second kappa shape index (κ2) is 4.53. The Labute approximate surface area is 95.7 Å². The van der Waals surface area contributed by atoms with Crippen LogP contribution >= 0.6 is 11.8 Å². The Morgan fingerprint density at radius 2 is 1.38 bits per heavy atom. The number of aromatic hydroxyl groups is 1. The van der Waals surface area contributed by atoms with Gasteiger partial charge in [-0.1, -0.05) is 11.8 Å². The second-order valence-corrected chi connectivity index (χ2v) is 4.35. The number of hydrogen-bond acceptors (Lipinski definition) is 2. The Kier molecular flexibility index (Phi) is 3.10. The highest BCUT2D eigenvalue weighted by Crippen LogP contribution is 2.29. The van der Waals surface area contributed by atoms with Gasteiger partial charge < -0.3 is 5.11 Å². The van der Waals surface area contributed by atoms with E-state index in [1.165, 1.54) is 36.0 Å². The smallest absolute Gasteiger partial charge is 0.127 e. The average molecular weight is 238 g/mol. The molecule has 4 heteroatoms. The van der Waals surface area contributed by atoms with Gasteiger partial charge in [-0.15, -0.1) is 0 Å². The van der Waals surface area contributed by atoms with Crippen molar-refractivity contribution in [3.8, 4) is 5.75 Å². The highest BCUT2D eigenvalue weighted by molar-refractivity contribution is 7.99. The second-order valence-electron chi connectivity index (χ2n) is 3.20. The zero-order chi connectivity index (χ0) is 11.5. The van der Waals surface area contributed by atoms with Crippen LogP contribution in [0.25, 0.3) is 0 Å². The van der Waals surface area contributed by atoms with E-state index in [4.69, 9.17) is 5.11 Å². The van der Waals surface area contributed by atoms with Gasteiger partial charge in [-0.25, -0.2) is 8.78 Å². The van der Waals surface area contributed by atoms with Crippen LogP contribution < -0.4 is 0 Å². The van der Waals surface area contributed by atoms with Crippen LogP contribution in [0, 0.1) is 11.6 Å². The van der Waals surface area contributed by atoms with Crippen LogP contribution in [-0.2, 0) is 0 Å². The Morgan fingerprint density at radius 3 is 1.94 bits per heavy atom. The molecule has 82 valence electrons. The summed E-state index contributed by atoms with van der Waals surface area (Å²) in [5.74, 6) is -1.03. The van der Waals surface area contributed by atoms with Crippen LogP contribution in [0.4, 0.5) is 8.78 Å². The van der Waals surface area contributed by atoms with Gasteiger partial charge in [-0.2, -0.15) is 0 Å². The lowest BCUT2D eigenvalue weighted by Gasteiger charge is -2.02. The van der Waals surface area contributed by atoms with Crippen LogP contribution in [0.3, 0.4) is 0 Å². The standard InChI is InChI=1S/C12H8F2OS/c13-8-5-9(14)7-12(6-8)16-11-3-1-10(15)2-4-11/h1-7,15H. The maximum atomic E-state index is 12.9. The molecule has 1 nitrogen and oxygen atoms in total. The van der Waals surface area contributed by atoms with Gasteiger partial charge in [-0.3, -0.25) is 0 Å². The Morgan fingerprint density at radius 1 is 0.812 bits per heavy atom. The maximum absolute atomic E-state index is 12.9. The molecular weight excluding hydrogens is 230 g/mol. The quantitative estimate of drug-likeness (QED) is 0.858. The molecule has 0 saturated heterocycles. The van der Waals surface area contributed by atoms with E-state index < -0.39 is 11.6 Å². The van der Waals surface area contributed by atoms with Gasteiger partial charge in [-0.05, 0) is 36.4 Å². The summed E-state index contributed by atoms with van der Waals surface area (Å²) in [5, 5.41) is 9.08. The molecule has 0 heterocycles. The summed E-state index contributed by atoms with van der Waals surface area (Å²) in [5.41, 5.74) is 0. The van der Waals surface area contributed by atoms with Crippen LogP contribution in [0.2, 0.25) is 0 Å². The molecule has 0 saturated carbocycles. The molecule has 2 aromatic rings. The van der Waals surface area contributed by atoms with Crippen molar-refractivity contribution in [2.24, 2.45) is 0 Å². The fourth-order valence-electron chi connectivity index (χ4n) is 1.24. The van der Waals surface area contributed by atoms with Crippen molar-refractivity contribution in [1.29, 1.82) is 0 Å². The summed E-state index contributed by atoms with van der Waals surface area (Å²) in [4.78, 5) is 1.30. The first-order valence-electron chi connectivity index (χ1n) is 4.56. The molecule has 1 N–H and O–H groups in total. The average Bonchev–Trinajstić information content (AvgIpc) is 2.20. The van der Waals surface area contributed by atoms with Crippen LogP contribution in [0.15, 0.2) is 52.3 Å². The number of halogens is 2.